The average molecular weight is 485 g/mol. The molecular formula is C28H25ClN4O2. The molecule has 7 heteroatoms. The molecule has 1 aromatic heterocycles. The highest BCUT2D eigenvalue weighted by Gasteiger charge is 2.26. The first-order chi connectivity index (χ1) is 17.0. The third-order valence-corrected chi connectivity index (χ3v) is 6.47. The normalized spacial score (nSPS) is 13.9. The van der Waals surface area contributed by atoms with Crippen LogP contribution in [0.2, 0.25) is 5.02 Å². The number of amides is 2. The number of anilines is 1. The number of aryl methyl sites for hydroxylation is 1. The van der Waals surface area contributed by atoms with Crippen LogP contribution in [0.3, 0.4) is 0 Å². The summed E-state index contributed by atoms with van der Waals surface area (Å²) in [6.07, 6.45) is 0.395. The van der Waals surface area contributed by atoms with Gasteiger partial charge in [0.15, 0.2) is 0 Å². The van der Waals surface area contributed by atoms with Crippen LogP contribution >= 0.6 is 11.6 Å². The van der Waals surface area contributed by atoms with Crippen molar-refractivity contribution in [3.63, 3.8) is 0 Å². The quantitative estimate of drug-likeness (QED) is 0.385. The molecule has 0 unspecified atom stereocenters. The monoisotopic (exact) mass is 484 g/mol. The van der Waals surface area contributed by atoms with Crippen LogP contribution in [-0.2, 0) is 17.9 Å². The van der Waals surface area contributed by atoms with Crippen LogP contribution in [0.1, 0.15) is 40.9 Å². The van der Waals surface area contributed by atoms with Crippen molar-refractivity contribution in [2.24, 2.45) is 0 Å². The van der Waals surface area contributed by atoms with Crippen molar-refractivity contribution in [1.82, 2.24) is 15.1 Å². The first kappa shape index (κ1) is 22.9. The molecule has 0 radical (unpaired) electrons. The summed E-state index contributed by atoms with van der Waals surface area (Å²) in [6.45, 7) is 2.93. The Kier molecular flexibility index (Phi) is 6.38. The number of nitrogens with zero attached hydrogens (tertiary/aromatic N) is 3. The van der Waals surface area contributed by atoms with Gasteiger partial charge in [-0.15, -0.1) is 0 Å². The second kappa shape index (κ2) is 9.76. The van der Waals surface area contributed by atoms with Crippen LogP contribution in [-0.4, -0.2) is 21.6 Å². The summed E-state index contributed by atoms with van der Waals surface area (Å²) < 4.78 is 1.87. The maximum atomic E-state index is 12.8. The number of halogens is 1. The molecule has 0 aliphatic carbocycles. The van der Waals surface area contributed by atoms with E-state index in [0.29, 0.717) is 30.1 Å². The minimum atomic E-state index is -0.132. The zero-order valence-electron chi connectivity index (χ0n) is 19.3. The molecule has 2 amide bonds. The van der Waals surface area contributed by atoms with Gasteiger partial charge in [-0.2, -0.15) is 5.10 Å². The zero-order chi connectivity index (χ0) is 24.4. The number of nitrogens with one attached hydrogen (secondary N) is 1. The molecule has 0 saturated carbocycles. The van der Waals surface area contributed by atoms with E-state index in [1.165, 1.54) is 0 Å². The molecule has 1 aliphatic heterocycles. The fourth-order valence-corrected chi connectivity index (χ4v) is 4.36. The molecule has 3 aromatic carbocycles. The molecule has 2 heterocycles. The van der Waals surface area contributed by atoms with Crippen LogP contribution in [0.4, 0.5) is 5.82 Å². The molecule has 0 saturated heterocycles. The maximum absolute atomic E-state index is 12.8. The van der Waals surface area contributed by atoms with Crippen molar-refractivity contribution >= 4 is 29.2 Å². The second-order valence-corrected chi connectivity index (χ2v) is 9.09. The fraction of sp³-hybridized carbons (Fsp3) is 0.179. The van der Waals surface area contributed by atoms with E-state index in [-0.39, 0.29) is 17.9 Å². The Morgan fingerprint density at radius 1 is 1.03 bits per heavy atom. The minimum absolute atomic E-state index is 0.0542. The van der Waals surface area contributed by atoms with Crippen molar-refractivity contribution < 1.29 is 9.59 Å². The molecule has 35 heavy (non-hydrogen) atoms. The molecule has 0 fully saturated rings. The van der Waals surface area contributed by atoms with E-state index in [4.69, 9.17) is 16.7 Å². The van der Waals surface area contributed by atoms with Gasteiger partial charge in [0.05, 0.1) is 24.8 Å². The van der Waals surface area contributed by atoms with Gasteiger partial charge in [0, 0.05) is 28.6 Å². The first-order valence-electron chi connectivity index (χ1n) is 11.6. The zero-order valence-corrected chi connectivity index (χ0v) is 20.1. The Morgan fingerprint density at radius 2 is 1.74 bits per heavy atom. The van der Waals surface area contributed by atoms with Crippen molar-refractivity contribution in [2.75, 3.05) is 4.90 Å². The lowest BCUT2D eigenvalue weighted by atomic mass is 10.1. The lowest BCUT2D eigenvalue weighted by Crippen LogP contribution is -2.36. The van der Waals surface area contributed by atoms with E-state index in [0.717, 1.165) is 28.2 Å². The van der Waals surface area contributed by atoms with Gasteiger partial charge in [-0.3, -0.25) is 14.5 Å². The van der Waals surface area contributed by atoms with E-state index in [1.807, 2.05) is 84.4 Å². The lowest BCUT2D eigenvalue weighted by molar-refractivity contribution is -0.119. The van der Waals surface area contributed by atoms with Gasteiger partial charge in [-0.25, -0.2) is 4.68 Å². The predicted octanol–water partition coefficient (Wildman–Crippen LogP) is 5.63. The van der Waals surface area contributed by atoms with Crippen molar-refractivity contribution in [3.05, 3.63) is 107 Å². The summed E-state index contributed by atoms with van der Waals surface area (Å²) in [5.41, 5.74) is 4.32. The van der Waals surface area contributed by atoms with Gasteiger partial charge >= 0.3 is 0 Å². The van der Waals surface area contributed by atoms with E-state index in [2.05, 4.69) is 5.32 Å². The highest BCUT2D eigenvalue weighted by Crippen LogP contribution is 2.30. The number of hydrogen-bond donors (Lipinski definition) is 1. The van der Waals surface area contributed by atoms with Crippen LogP contribution in [0.15, 0.2) is 84.9 Å². The third-order valence-electron chi connectivity index (χ3n) is 6.22. The van der Waals surface area contributed by atoms with E-state index >= 15 is 0 Å². The Balaban J connectivity index is 1.30. The Hall–Kier alpha value is -3.90. The summed E-state index contributed by atoms with van der Waals surface area (Å²) in [7, 11) is 0. The van der Waals surface area contributed by atoms with Crippen LogP contribution in [0.25, 0.3) is 11.3 Å². The minimum Gasteiger partial charge on any atom is -0.346 e. The molecule has 176 valence electrons. The molecule has 0 spiro atoms. The summed E-state index contributed by atoms with van der Waals surface area (Å²) >= 11 is 6.01. The summed E-state index contributed by atoms with van der Waals surface area (Å²) in [5.74, 6) is 0.691. The first-order valence-corrected chi connectivity index (χ1v) is 11.9. The topological polar surface area (TPSA) is 67.2 Å². The van der Waals surface area contributed by atoms with Crippen LogP contribution in [0, 0.1) is 0 Å². The molecule has 5 rings (SSSR count). The summed E-state index contributed by atoms with van der Waals surface area (Å²) in [6, 6.07) is 26.6. The Labute approximate surface area is 209 Å². The number of hydrogen-bond acceptors (Lipinski definition) is 3. The fourth-order valence-electron chi connectivity index (χ4n) is 4.23. The number of fused-ring (bicyclic) bond motifs is 1. The number of carbonyl (C=O) groups excluding carboxylic acids is 2. The highest BCUT2D eigenvalue weighted by atomic mass is 35.5. The SMILES string of the molecule is C[C@H](NC(=O)c1ccc(CN2C(=O)CCn3nc(-c4ccc(Cl)cc4)cc32)cc1)c1ccccc1. The largest absolute Gasteiger partial charge is 0.346 e. The summed E-state index contributed by atoms with van der Waals surface area (Å²) in [4.78, 5) is 27.2. The molecule has 0 bridgehead atoms. The highest BCUT2D eigenvalue weighted by molar-refractivity contribution is 6.30. The van der Waals surface area contributed by atoms with Gasteiger partial charge in [0.2, 0.25) is 5.91 Å². The van der Waals surface area contributed by atoms with E-state index in [1.54, 1.807) is 17.0 Å². The number of benzene rings is 3. The van der Waals surface area contributed by atoms with Crippen LogP contribution in [0.5, 0.6) is 0 Å². The smallest absolute Gasteiger partial charge is 0.251 e. The van der Waals surface area contributed by atoms with E-state index in [9.17, 15) is 9.59 Å². The average Bonchev–Trinajstić information content (AvgIpc) is 3.32. The number of rotatable bonds is 6. The van der Waals surface area contributed by atoms with Gasteiger partial charge in [0.1, 0.15) is 5.82 Å². The van der Waals surface area contributed by atoms with Crippen molar-refractivity contribution in [3.8, 4) is 11.3 Å². The Morgan fingerprint density at radius 3 is 2.46 bits per heavy atom. The molecule has 6 nitrogen and oxygen atoms in total. The lowest BCUT2D eigenvalue weighted by Gasteiger charge is -2.27. The number of carbonyl (C=O) groups is 2. The van der Waals surface area contributed by atoms with E-state index < -0.39 is 0 Å². The maximum Gasteiger partial charge on any atom is 0.251 e. The van der Waals surface area contributed by atoms with Crippen molar-refractivity contribution in [1.29, 1.82) is 0 Å². The van der Waals surface area contributed by atoms with Crippen LogP contribution < -0.4 is 10.2 Å². The standard InChI is InChI=1S/C28H25ClN4O2/c1-19(21-5-3-2-4-6-21)30-28(35)23-9-7-20(8-10-23)18-32-26-17-25(22-11-13-24(29)14-12-22)31-33(26)16-15-27(32)34/h2-14,17,19H,15-16,18H2,1H3,(H,30,35)/t19-/m0/s1. The molecule has 1 aliphatic rings. The number of aromatic nitrogens is 2. The van der Waals surface area contributed by atoms with Gasteiger partial charge in [0.25, 0.3) is 5.91 Å². The van der Waals surface area contributed by atoms with Gasteiger partial charge in [-0.1, -0.05) is 66.2 Å². The summed E-state index contributed by atoms with van der Waals surface area (Å²) in [5, 5.41) is 8.39. The van der Waals surface area contributed by atoms with Gasteiger partial charge < -0.3 is 5.32 Å². The Bertz CT molecular complexity index is 1350. The second-order valence-electron chi connectivity index (χ2n) is 8.65. The van der Waals surface area contributed by atoms with Crippen molar-refractivity contribution in [2.45, 2.75) is 32.5 Å². The third kappa shape index (κ3) is 4.98. The molecule has 1 atom stereocenters. The molecule has 4 aromatic rings. The van der Waals surface area contributed by atoms with Gasteiger partial charge in [-0.05, 0) is 42.3 Å². The molecular weight excluding hydrogens is 460 g/mol. The molecule has 1 N–H and O–H groups in total. The predicted molar refractivity (Wildman–Crippen MR) is 137 cm³/mol.